The van der Waals surface area contributed by atoms with E-state index in [-0.39, 0.29) is 41.8 Å². The number of benzene rings is 2. The highest BCUT2D eigenvalue weighted by atomic mass is 19.3. The number of ether oxygens (including phenoxy) is 1. The zero-order chi connectivity index (χ0) is 28.2. The van der Waals surface area contributed by atoms with Crippen molar-refractivity contribution in [1.29, 1.82) is 0 Å². The third-order valence-electron chi connectivity index (χ3n) is 8.73. The van der Waals surface area contributed by atoms with Crippen LogP contribution in [0.3, 0.4) is 0 Å². The summed E-state index contributed by atoms with van der Waals surface area (Å²) in [7, 11) is 0. The Hall–Kier alpha value is -3.49. The first-order valence-corrected chi connectivity index (χ1v) is 14.3. The molecule has 40 heavy (non-hydrogen) atoms. The van der Waals surface area contributed by atoms with Crippen LogP contribution < -0.4 is 21.1 Å². The van der Waals surface area contributed by atoms with Crippen LogP contribution in [0.5, 0.6) is 5.75 Å². The predicted molar refractivity (Wildman–Crippen MR) is 147 cm³/mol. The SMILES string of the molecule is CC1(C)CC(NC(=O)c2ccc3c(c2)CCCC3(F)F)c2cc(C3CC3CCC3CC(=O)NC(N)=N3)ccc2O1. The molecule has 6 rings (SSSR count). The average Bonchev–Trinajstić information content (AvgIpc) is 3.65. The molecule has 2 aromatic rings. The lowest BCUT2D eigenvalue weighted by atomic mass is 9.86. The van der Waals surface area contributed by atoms with Gasteiger partial charge in [0.15, 0.2) is 5.96 Å². The Labute approximate surface area is 233 Å². The number of amides is 2. The first-order valence-electron chi connectivity index (χ1n) is 14.3. The molecule has 2 heterocycles. The molecule has 7 nitrogen and oxygen atoms in total. The summed E-state index contributed by atoms with van der Waals surface area (Å²) in [6.07, 6.45) is 4.64. The van der Waals surface area contributed by atoms with Gasteiger partial charge in [0.2, 0.25) is 5.91 Å². The van der Waals surface area contributed by atoms with Crippen LogP contribution in [0, 0.1) is 5.92 Å². The Morgan fingerprint density at radius 1 is 1.20 bits per heavy atom. The molecule has 212 valence electrons. The molecule has 4 N–H and O–H groups in total. The standard InChI is InChI=1S/C31H36F2N4O3/c1-30(2)16-25(36-28(39)20-6-9-24-19(12-20)4-3-11-31(24,32)33)23-14-18(7-10-26(23)40-30)22-13-17(22)5-8-21-15-27(38)37-29(34)35-21/h6-7,9-10,12,14,17,21-22,25H,3-5,8,11,13,15-16H2,1-2H3,(H,36,39)(H3,34,35,37,38). The molecule has 2 aromatic carbocycles. The fourth-order valence-electron chi connectivity index (χ4n) is 6.64. The van der Waals surface area contributed by atoms with Crippen molar-refractivity contribution in [3.8, 4) is 5.75 Å². The minimum Gasteiger partial charge on any atom is -0.487 e. The van der Waals surface area contributed by atoms with Crippen LogP contribution in [-0.2, 0) is 17.1 Å². The molecule has 2 amide bonds. The molecule has 4 atom stereocenters. The van der Waals surface area contributed by atoms with Crippen LogP contribution in [0.2, 0.25) is 0 Å². The monoisotopic (exact) mass is 550 g/mol. The lowest BCUT2D eigenvalue weighted by molar-refractivity contribution is -0.120. The maximum Gasteiger partial charge on any atom is 0.273 e. The van der Waals surface area contributed by atoms with Gasteiger partial charge in [0.1, 0.15) is 11.4 Å². The Bertz CT molecular complexity index is 1390. The van der Waals surface area contributed by atoms with Gasteiger partial charge in [0, 0.05) is 36.0 Å². The molecule has 0 spiro atoms. The molecule has 1 fully saturated rings. The van der Waals surface area contributed by atoms with Gasteiger partial charge in [-0.3, -0.25) is 14.9 Å². The van der Waals surface area contributed by atoms with Gasteiger partial charge in [-0.25, -0.2) is 13.8 Å². The van der Waals surface area contributed by atoms with E-state index in [9.17, 15) is 18.4 Å². The van der Waals surface area contributed by atoms with Gasteiger partial charge < -0.3 is 15.8 Å². The Kier molecular flexibility index (Phi) is 6.58. The first kappa shape index (κ1) is 26.7. The number of alkyl halides is 2. The molecule has 0 bridgehead atoms. The molecular formula is C31H36F2N4O3. The molecule has 4 unspecified atom stereocenters. The summed E-state index contributed by atoms with van der Waals surface area (Å²) in [5.41, 5.74) is 8.40. The Morgan fingerprint density at radius 2 is 2.02 bits per heavy atom. The van der Waals surface area contributed by atoms with Crippen LogP contribution in [0.1, 0.15) is 103 Å². The molecule has 4 aliphatic rings. The number of carbonyl (C=O) groups excluding carboxylic acids is 2. The van der Waals surface area contributed by atoms with Crippen molar-refractivity contribution < 1.29 is 23.1 Å². The van der Waals surface area contributed by atoms with Crippen molar-refractivity contribution in [3.05, 3.63) is 64.2 Å². The van der Waals surface area contributed by atoms with Crippen molar-refractivity contribution in [2.45, 2.75) is 94.7 Å². The van der Waals surface area contributed by atoms with Gasteiger partial charge in [-0.15, -0.1) is 0 Å². The quantitative estimate of drug-likeness (QED) is 0.458. The van der Waals surface area contributed by atoms with Crippen LogP contribution >= 0.6 is 0 Å². The number of aryl methyl sites for hydroxylation is 1. The summed E-state index contributed by atoms with van der Waals surface area (Å²) in [5, 5.41) is 5.72. The highest BCUT2D eigenvalue weighted by Crippen LogP contribution is 2.52. The topological polar surface area (TPSA) is 106 Å². The highest BCUT2D eigenvalue weighted by Gasteiger charge is 2.41. The lowest BCUT2D eigenvalue weighted by Gasteiger charge is -2.38. The number of halogens is 2. The van der Waals surface area contributed by atoms with Gasteiger partial charge in [-0.05, 0) is 93.2 Å². The molecule has 2 aliphatic heterocycles. The highest BCUT2D eigenvalue weighted by molar-refractivity contribution is 5.98. The van der Waals surface area contributed by atoms with E-state index in [1.807, 2.05) is 19.9 Å². The number of carbonyl (C=O) groups is 2. The number of nitrogens with one attached hydrogen (secondary N) is 2. The van der Waals surface area contributed by atoms with E-state index in [1.165, 1.54) is 17.7 Å². The Balaban J connectivity index is 1.16. The average molecular weight is 551 g/mol. The van der Waals surface area contributed by atoms with E-state index in [4.69, 9.17) is 10.5 Å². The lowest BCUT2D eigenvalue weighted by Crippen LogP contribution is -2.43. The second-order valence-corrected chi connectivity index (χ2v) is 12.4. The fourth-order valence-corrected chi connectivity index (χ4v) is 6.64. The van der Waals surface area contributed by atoms with Crippen molar-refractivity contribution in [1.82, 2.24) is 10.6 Å². The van der Waals surface area contributed by atoms with E-state index < -0.39 is 11.5 Å². The largest absolute Gasteiger partial charge is 0.487 e. The van der Waals surface area contributed by atoms with Crippen molar-refractivity contribution in [3.63, 3.8) is 0 Å². The number of hydrogen-bond donors (Lipinski definition) is 3. The second kappa shape index (κ2) is 9.85. The third kappa shape index (κ3) is 5.43. The normalized spacial score (nSPS) is 27.8. The summed E-state index contributed by atoms with van der Waals surface area (Å²) in [4.78, 5) is 29.5. The zero-order valence-electron chi connectivity index (χ0n) is 22.9. The van der Waals surface area contributed by atoms with Crippen molar-refractivity contribution >= 4 is 17.8 Å². The summed E-state index contributed by atoms with van der Waals surface area (Å²) in [5.74, 6) is -1.30. The summed E-state index contributed by atoms with van der Waals surface area (Å²) in [6.45, 7) is 4.00. The van der Waals surface area contributed by atoms with E-state index in [0.717, 1.165) is 30.6 Å². The van der Waals surface area contributed by atoms with E-state index in [2.05, 4.69) is 27.8 Å². The number of nitrogens with zero attached hydrogens (tertiary/aromatic N) is 1. The van der Waals surface area contributed by atoms with E-state index in [0.29, 0.717) is 48.6 Å². The molecule has 0 aromatic heterocycles. The third-order valence-corrected chi connectivity index (χ3v) is 8.73. The smallest absolute Gasteiger partial charge is 0.273 e. The van der Waals surface area contributed by atoms with Crippen molar-refractivity contribution in [2.75, 3.05) is 0 Å². The molecule has 9 heteroatoms. The number of rotatable bonds is 6. The molecule has 0 saturated heterocycles. The predicted octanol–water partition coefficient (Wildman–Crippen LogP) is 5.23. The molecule has 2 aliphatic carbocycles. The van der Waals surface area contributed by atoms with Crippen LogP contribution in [0.15, 0.2) is 41.4 Å². The number of aliphatic imine (C=N–C) groups is 1. The second-order valence-electron chi connectivity index (χ2n) is 12.4. The maximum absolute atomic E-state index is 14.3. The van der Waals surface area contributed by atoms with Gasteiger partial charge >= 0.3 is 0 Å². The van der Waals surface area contributed by atoms with Gasteiger partial charge in [0.05, 0.1) is 12.1 Å². The summed E-state index contributed by atoms with van der Waals surface area (Å²) >= 11 is 0. The molecule has 1 saturated carbocycles. The molecule has 0 radical (unpaired) electrons. The van der Waals surface area contributed by atoms with Crippen LogP contribution in [-0.4, -0.2) is 29.4 Å². The minimum atomic E-state index is -2.84. The molecular weight excluding hydrogens is 514 g/mol. The van der Waals surface area contributed by atoms with Gasteiger partial charge in [0.25, 0.3) is 11.8 Å². The fraction of sp³-hybridized carbons (Fsp3) is 0.516. The van der Waals surface area contributed by atoms with Crippen LogP contribution in [0.4, 0.5) is 8.78 Å². The zero-order valence-corrected chi connectivity index (χ0v) is 22.9. The summed E-state index contributed by atoms with van der Waals surface area (Å²) in [6, 6.07) is 10.5. The minimum absolute atomic E-state index is 0.0403. The Morgan fingerprint density at radius 3 is 2.83 bits per heavy atom. The number of nitrogens with two attached hydrogens (primary N) is 1. The number of fused-ring (bicyclic) bond motifs is 2. The van der Waals surface area contributed by atoms with Gasteiger partial charge in [-0.1, -0.05) is 12.1 Å². The van der Waals surface area contributed by atoms with Crippen molar-refractivity contribution in [2.24, 2.45) is 16.6 Å². The van der Waals surface area contributed by atoms with Gasteiger partial charge in [-0.2, -0.15) is 0 Å². The number of guanidine groups is 1. The number of hydrogen-bond acceptors (Lipinski definition) is 5. The van der Waals surface area contributed by atoms with E-state index >= 15 is 0 Å². The van der Waals surface area contributed by atoms with Crippen LogP contribution in [0.25, 0.3) is 0 Å². The first-order chi connectivity index (χ1) is 19.0. The van der Waals surface area contributed by atoms with E-state index in [1.54, 1.807) is 6.07 Å². The maximum atomic E-state index is 14.3. The summed E-state index contributed by atoms with van der Waals surface area (Å²) < 4.78 is 34.9.